The van der Waals surface area contributed by atoms with Crippen LogP contribution in [0.15, 0.2) is 29.8 Å². The number of aromatic hydroxyl groups is 1. The zero-order valence-corrected chi connectivity index (χ0v) is 21.4. The Morgan fingerprint density at radius 1 is 1.15 bits per heavy atom. The molecule has 1 aromatic carbocycles. The summed E-state index contributed by atoms with van der Waals surface area (Å²) in [5.41, 5.74) is 0.766. The fraction of sp³-hybridized carbons (Fsp3) is 0.478. The number of hydrogen-bond donors (Lipinski definition) is 1. The minimum Gasteiger partial charge on any atom is -0.508 e. The summed E-state index contributed by atoms with van der Waals surface area (Å²) in [6.45, 7) is 0. The number of carbonyl (C=O) groups is 4. The van der Waals surface area contributed by atoms with Gasteiger partial charge in [0.2, 0.25) is 11.8 Å². The lowest BCUT2D eigenvalue weighted by Gasteiger charge is -2.50. The Morgan fingerprint density at radius 2 is 1.85 bits per heavy atom. The smallest absolute Gasteiger partial charge is 0.254 e. The molecular weight excluding hydrogens is 551 g/mol. The van der Waals surface area contributed by atoms with Crippen LogP contribution in [0.1, 0.15) is 24.3 Å². The summed E-state index contributed by atoms with van der Waals surface area (Å²) in [7, 11) is 2.90. The number of phenolic OH excluding ortho intramolecular Hbond substituents is 1. The molecule has 3 fully saturated rings. The molecule has 0 spiro atoms. The first-order chi connectivity index (χ1) is 16.0. The number of phenols is 1. The van der Waals surface area contributed by atoms with Crippen LogP contribution in [0.4, 0.5) is 0 Å². The van der Waals surface area contributed by atoms with E-state index in [0.717, 1.165) is 9.80 Å². The zero-order valence-electron chi connectivity index (χ0n) is 18.3. The number of carbonyl (C=O) groups excluding carboxylic acids is 4. The van der Waals surface area contributed by atoms with Crippen LogP contribution >= 0.6 is 39.1 Å². The number of halogens is 3. The Balaban J connectivity index is 1.78. The van der Waals surface area contributed by atoms with Gasteiger partial charge in [-0.25, -0.2) is 0 Å². The number of nitrogens with zero attached hydrogens (tertiary/aromatic N) is 2. The van der Waals surface area contributed by atoms with E-state index in [9.17, 15) is 24.3 Å². The molecule has 4 amide bonds. The number of ether oxygens (including phenoxy) is 1. The molecule has 6 atom stereocenters. The van der Waals surface area contributed by atoms with Gasteiger partial charge in [-0.1, -0.05) is 27.6 Å². The van der Waals surface area contributed by atoms with Gasteiger partial charge in [0.15, 0.2) is 9.75 Å². The van der Waals surface area contributed by atoms with Crippen LogP contribution in [0.3, 0.4) is 0 Å². The summed E-state index contributed by atoms with van der Waals surface area (Å²) < 4.78 is 5.33. The first kappa shape index (κ1) is 23.6. The minimum absolute atomic E-state index is 0.0901. The first-order valence-electron chi connectivity index (χ1n) is 10.7. The van der Waals surface area contributed by atoms with Crippen molar-refractivity contribution in [3.63, 3.8) is 0 Å². The highest BCUT2D eigenvalue weighted by atomic mass is 79.9. The molecular formula is C23H21BrCl2N2O6. The normalized spacial score (nSPS) is 36.9. The highest BCUT2D eigenvalue weighted by molar-refractivity contribution is 9.09. The van der Waals surface area contributed by atoms with Crippen LogP contribution in [-0.4, -0.2) is 67.9 Å². The van der Waals surface area contributed by atoms with E-state index in [1.54, 1.807) is 12.1 Å². The molecule has 5 rings (SSSR count). The van der Waals surface area contributed by atoms with E-state index in [1.165, 1.54) is 20.2 Å². The molecule has 2 aliphatic heterocycles. The SMILES string of the molecule is COc1ccc(O)c([C@H]2C3=CC[C@@H]4C(=O)N(C)C(=O)[C@@H]4[C@@H]3C[C@@]3(Cl)C(=O)N(CBr)C(=O)[C@@]23Cl)c1. The van der Waals surface area contributed by atoms with Crippen LogP contribution < -0.4 is 4.74 Å². The van der Waals surface area contributed by atoms with Gasteiger partial charge in [0.1, 0.15) is 11.5 Å². The molecule has 180 valence electrons. The van der Waals surface area contributed by atoms with Gasteiger partial charge >= 0.3 is 0 Å². The molecule has 1 saturated carbocycles. The number of imide groups is 2. The van der Waals surface area contributed by atoms with Gasteiger partial charge in [0.05, 0.1) is 24.4 Å². The van der Waals surface area contributed by atoms with Crippen LogP contribution in [-0.2, 0) is 19.2 Å². The summed E-state index contributed by atoms with van der Waals surface area (Å²) in [4.78, 5) is 51.1. The Morgan fingerprint density at radius 3 is 2.50 bits per heavy atom. The number of rotatable bonds is 3. The zero-order chi connectivity index (χ0) is 24.7. The van der Waals surface area contributed by atoms with Crippen molar-refractivity contribution in [1.29, 1.82) is 0 Å². The third kappa shape index (κ3) is 2.72. The lowest BCUT2D eigenvalue weighted by molar-refractivity contribution is -0.140. The molecule has 34 heavy (non-hydrogen) atoms. The van der Waals surface area contributed by atoms with Crippen LogP contribution in [0, 0.1) is 17.8 Å². The van der Waals surface area contributed by atoms with Crippen molar-refractivity contribution in [2.24, 2.45) is 17.8 Å². The van der Waals surface area contributed by atoms with Crippen molar-refractivity contribution in [2.45, 2.75) is 28.5 Å². The van der Waals surface area contributed by atoms with Gasteiger partial charge in [-0.05, 0) is 37.0 Å². The predicted molar refractivity (Wildman–Crippen MR) is 126 cm³/mol. The molecule has 11 heteroatoms. The number of alkyl halides is 3. The van der Waals surface area contributed by atoms with Gasteiger partial charge in [-0.3, -0.25) is 29.0 Å². The highest BCUT2D eigenvalue weighted by Crippen LogP contribution is 2.66. The summed E-state index contributed by atoms with van der Waals surface area (Å²) in [5.74, 6) is -4.70. The lowest BCUT2D eigenvalue weighted by atomic mass is 9.56. The van der Waals surface area contributed by atoms with Gasteiger partial charge in [0, 0.05) is 18.5 Å². The van der Waals surface area contributed by atoms with Crippen molar-refractivity contribution in [3.05, 3.63) is 35.4 Å². The van der Waals surface area contributed by atoms with Crippen LogP contribution in [0.25, 0.3) is 0 Å². The maximum Gasteiger partial charge on any atom is 0.254 e. The minimum atomic E-state index is -1.96. The molecule has 8 nitrogen and oxygen atoms in total. The van der Waals surface area contributed by atoms with Crippen molar-refractivity contribution in [1.82, 2.24) is 9.80 Å². The van der Waals surface area contributed by atoms with Crippen molar-refractivity contribution < 1.29 is 29.0 Å². The Hall–Kier alpha value is -2.10. The fourth-order valence-corrected chi connectivity index (χ4v) is 7.56. The number of likely N-dealkylation sites (tertiary alicyclic amines) is 2. The Kier molecular flexibility index (Phi) is 5.35. The molecule has 1 N–H and O–H groups in total. The number of allylic oxidation sites excluding steroid dienone is 2. The molecule has 0 aromatic heterocycles. The standard InChI is InChI=1S/C23H21BrCl2N2O6/c1-27-18(30)12-5-4-11-14(16(12)19(27)31)8-22(25)20(32)28(9-24)21(33)23(22,26)17(11)13-7-10(34-2)3-6-15(13)29/h3-4,6-7,12,14,16-17,29H,5,8-9H2,1-2H3/t12-,14+,16-,17+,22+,23-/m0/s1. The maximum absolute atomic E-state index is 13.6. The second-order valence-corrected chi connectivity index (χ2v) is 10.9. The molecule has 0 unspecified atom stereocenters. The molecule has 0 bridgehead atoms. The lowest BCUT2D eigenvalue weighted by Crippen LogP contribution is -2.60. The second-order valence-electron chi connectivity index (χ2n) is 9.15. The summed E-state index contributed by atoms with van der Waals surface area (Å²) >= 11 is 17.3. The molecule has 2 saturated heterocycles. The van der Waals surface area contributed by atoms with Gasteiger partial charge in [0.25, 0.3) is 11.8 Å². The van der Waals surface area contributed by atoms with Crippen LogP contribution in [0.5, 0.6) is 11.5 Å². The van der Waals surface area contributed by atoms with Gasteiger partial charge in [-0.15, -0.1) is 23.2 Å². The van der Waals surface area contributed by atoms with E-state index in [0.29, 0.717) is 11.3 Å². The van der Waals surface area contributed by atoms with Crippen molar-refractivity contribution in [3.8, 4) is 11.5 Å². The maximum atomic E-state index is 13.6. The average molecular weight is 572 g/mol. The second kappa shape index (κ2) is 7.70. The largest absolute Gasteiger partial charge is 0.508 e. The average Bonchev–Trinajstić information content (AvgIpc) is 3.12. The van der Waals surface area contributed by atoms with Crippen LogP contribution in [0.2, 0.25) is 0 Å². The molecule has 1 aromatic rings. The van der Waals surface area contributed by atoms with E-state index in [-0.39, 0.29) is 41.4 Å². The first-order valence-corrected chi connectivity index (χ1v) is 12.6. The quantitative estimate of drug-likeness (QED) is 0.259. The summed E-state index contributed by atoms with van der Waals surface area (Å²) in [6.07, 6.45) is 2.00. The van der Waals surface area contributed by atoms with E-state index in [1.807, 2.05) is 6.08 Å². The number of methoxy groups -OCH3 is 1. The van der Waals surface area contributed by atoms with Gasteiger partial charge in [-0.2, -0.15) is 0 Å². The van der Waals surface area contributed by atoms with E-state index in [2.05, 4.69) is 15.9 Å². The summed E-state index contributed by atoms with van der Waals surface area (Å²) in [5, 5.41) is 10.9. The third-order valence-electron chi connectivity index (χ3n) is 7.78. The number of amides is 4. The monoisotopic (exact) mass is 570 g/mol. The van der Waals surface area contributed by atoms with E-state index < -0.39 is 45.2 Å². The number of hydrogen-bond acceptors (Lipinski definition) is 6. The summed E-state index contributed by atoms with van der Waals surface area (Å²) in [6, 6.07) is 4.53. The van der Waals surface area contributed by atoms with Gasteiger partial charge < -0.3 is 9.84 Å². The van der Waals surface area contributed by atoms with E-state index in [4.69, 9.17) is 27.9 Å². The molecule has 2 heterocycles. The Bertz CT molecular complexity index is 1190. The Labute approximate surface area is 213 Å². The third-order valence-corrected chi connectivity index (χ3v) is 9.70. The molecule has 2 aliphatic carbocycles. The van der Waals surface area contributed by atoms with Crippen molar-refractivity contribution in [2.75, 3.05) is 19.6 Å². The molecule has 0 radical (unpaired) electrons. The number of fused-ring (bicyclic) bond motifs is 4. The predicted octanol–water partition coefficient (Wildman–Crippen LogP) is 2.74. The topological polar surface area (TPSA) is 104 Å². The van der Waals surface area contributed by atoms with Crippen molar-refractivity contribution >= 4 is 62.8 Å². The number of benzene rings is 1. The highest BCUT2D eigenvalue weighted by Gasteiger charge is 2.76. The van der Waals surface area contributed by atoms with E-state index >= 15 is 0 Å². The fourth-order valence-electron chi connectivity index (χ4n) is 6.15. The molecule has 4 aliphatic rings.